The van der Waals surface area contributed by atoms with Crippen molar-refractivity contribution in [1.82, 2.24) is 0 Å². The number of hydrogen-bond donors (Lipinski definition) is 2. The van der Waals surface area contributed by atoms with Gasteiger partial charge in [-0.05, 0) is 32.1 Å². The van der Waals surface area contributed by atoms with Gasteiger partial charge in [-0.3, -0.25) is 0 Å². The van der Waals surface area contributed by atoms with Gasteiger partial charge in [0.05, 0.1) is 5.44 Å². The predicted octanol–water partition coefficient (Wildman–Crippen LogP) is 0.797. The molecule has 0 aliphatic carbocycles. The van der Waals surface area contributed by atoms with Crippen LogP contribution in [-0.4, -0.2) is 23.3 Å². The van der Waals surface area contributed by atoms with E-state index in [9.17, 15) is 0 Å². The fourth-order valence-electron chi connectivity index (χ4n) is 0.581. The molecule has 0 aromatic rings. The molecule has 0 aliphatic heterocycles. The third-order valence-electron chi connectivity index (χ3n) is 1.18. The maximum atomic E-state index is 9.01. The number of hydrogen-bond acceptors (Lipinski definition) is 3. The molecule has 0 unspecified atom stereocenters. The maximum absolute atomic E-state index is 9.01. The van der Waals surface area contributed by atoms with Gasteiger partial charge in [-0.15, -0.1) is 11.8 Å². The zero-order valence-corrected chi connectivity index (χ0v) is 6.66. The van der Waals surface area contributed by atoms with E-state index in [1.807, 2.05) is 6.26 Å². The number of aliphatic hydroxyl groups is 1. The van der Waals surface area contributed by atoms with Gasteiger partial charge in [0.1, 0.15) is 0 Å². The topological polar surface area (TPSA) is 46.2 Å². The van der Waals surface area contributed by atoms with Crippen LogP contribution in [0.5, 0.6) is 0 Å². The molecule has 0 radical (unpaired) electrons. The van der Waals surface area contributed by atoms with Gasteiger partial charge >= 0.3 is 0 Å². The van der Waals surface area contributed by atoms with Crippen molar-refractivity contribution in [2.75, 3.05) is 12.8 Å². The van der Waals surface area contributed by atoms with Gasteiger partial charge in [0, 0.05) is 0 Å². The van der Waals surface area contributed by atoms with Crippen LogP contribution in [0.3, 0.4) is 0 Å². The molecule has 2 nitrogen and oxygen atoms in total. The summed E-state index contributed by atoms with van der Waals surface area (Å²) >= 11 is 1.49. The summed E-state index contributed by atoms with van der Waals surface area (Å²) in [6.07, 6.45) is 4.85. The first-order chi connectivity index (χ1) is 4.31. The predicted molar refractivity (Wildman–Crippen MR) is 42.4 cm³/mol. The Morgan fingerprint density at radius 3 is 2.67 bits per heavy atom. The Morgan fingerprint density at radius 2 is 2.22 bits per heavy atom. The van der Waals surface area contributed by atoms with E-state index >= 15 is 0 Å². The smallest absolute Gasteiger partial charge is 0.0990 e. The van der Waals surface area contributed by atoms with Crippen molar-refractivity contribution in [2.24, 2.45) is 5.73 Å². The van der Waals surface area contributed by atoms with E-state index in [1.54, 1.807) is 0 Å². The van der Waals surface area contributed by atoms with E-state index in [4.69, 9.17) is 10.8 Å². The standard InChI is InChI=1S/C6H15NOS/c1-9-6(8)4-2-3-5-7/h6,8H,2-5,7H2,1H3/t6-/m1/s1. The van der Waals surface area contributed by atoms with E-state index in [0.717, 1.165) is 25.8 Å². The van der Waals surface area contributed by atoms with Gasteiger partial charge in [-0.25, -0.2) is 0 Å². The summed E-state index contributed by atoms with van der Waals surface area (Å²) in [6, 6.07) is 0. The Hall–Kier alpha value is 0.270. The highest BCUT2D eigenvalue weighted by Crippen LogP contribution is 2.09. The van der Waals surface area contributed by atoms with Gasteiger partial charge in [-0.2, -0.15) is 0 Å². The average molecular weight is 149 g/mol. The van der Waals surface area contributed by atoms with Crippen LogP contribution in [0.25, 0.3) is 0 Å². The molecular weight excluding hydrogens is 134 g/mol. The summed E-state index contributed by atoms with van der Waals surface area (Å²) in [5.41, 5.74) is 5.08. The molecular formula is C6H15NOS. The van der Waals surface area contributed by atoms with Crippen LogP contribution in [0, 0.1) is 0 Å². The van der Waals surface area contributed by atoms with Crippen molar-refractivity contribution in [2.45, 2.75) is 24.7 Å². The number of unbranched alkanes of at least 4 members (excludes halogenated alkanes) is 1. The summed E-state index contributed by atoms with van der Waals surface area (Å²) in [5, 5.41) is 9.01. The molecule has 9 heavy (non-hydrogen) atoms. The van der Waals surface area contributed by atoms with Crippen LogP contribution in [0.15, 0.2) is 0 Å². The number of aliphatic hydroxyl groups excluding tert-OH is 1. The van der Waals surface area contributed by atoms with E-state index < -0.39 is 0 Å². The molecule has 0 bridgehead atoms. The first-order valence-corrected chi connectivity index (χ1v) is 4.51. The Morgan fingerprint density at radius 1 is 1.56 bits per heavy atom. The first-order valence-electron chi connectivity index (χ1n) is 3.22. The Labute approximate surface area is 60.8 Å². The molecule has 0 heterocycles. The average Bonchev–Trinajstić information content (AvgIpc) is 1.89. The highest BCUT2D eigenvalue weighted by atomic mass is 32.2. The van der Waals surface area contributed by atoms with Crippen molar-refractivity contribution in [3.8, 4) is 0 Å². The van der Waals surface area contributed by atoms with Crippen molar-refractivity contribution in [1.29, 1.82) is 0 Å². The summed E-state index contributed by atoms with van der Waals surface area (Å²) in [7, 11) is 0. The van der Waals surface area contributed by atoms with E-state index in [0.29, 0.717) is 0 Å². The minimum atomic E-state index is -0.184. The highest BCUT2D eigenvalue weighted by Gasteiger charge is 1.98. The van der Waals surface area contributed by atoms with Crippen molar-refractivity contribution >= 4 is 11.8 Å². The van der Waals surface area contributed by atoms with Crippen molar-refractivity contribution < 1.29 is 5.11 Å². The second kappa shape index (κ2) is 6.39. The minimum Gasteiger partial charge on any atom is -0.382 e. The molecule has 0 aliphatic rings. The number of rotatable bonds is 5. The van der Waals surface area contributed by atoms with Crippen molar-refractivity contribution in [3.05, 3.63) is 0 Å². The molecule has 0 saturated heterocycles. The lowest BCUT2D eigenvalue weighted by Crippen LogP contribution is -2.03. The van der Waals surface area contributed by atoms with Crippen LogP contribution in [-0.2, 0) is 0 Å². The summed E-state index contributed by atoms with van der Waals surface area (Å²) in [4.78, 5) is 0. The zero-order chi connectivity index (χ0) is 7.11. The van der Waals surface area contributed by atoms with Crippen LogP contribution in [0.2, 0.25) is 0 Å². The fourth-order valence-corrected chi connectivity index (χ4v) is 0.984. The Balaban J connectivity index is 2.88. The first kappa shape index (κ1) is 9.27. The van der Waals surface area contributed by atoms with Crippen molar-refractivity contribution in [3.63, 3.8) is 0 Å². The van der Waals surface area contributed by atoms with E-state index in [-0.39, 0.29) is 5.44 Å². The van der Waals surface area contributed by atoms with Crippen LogP contribution < -0.4 is 5.73 Å². The van der Waals surface area contributed by atoms with Gasteiger partial charge in [0.15, 0.2) is 0 Å². The third-order valence-corrected chi connectivity index (χ3v) is 1.96. The van der Waals surface area contributed by atoms with Gasteiger partial charge in [0.25, 0.3) is 0 Å². The second-order valence-corrected chi connectivity index (χ2v) is 2.99. The molecule has 1 atom stereocenters. The minimum absolute atomic E-state index is 0.184. The van der Waals surface area contributed by atoms with Crippen LogP contribution >= 0.6 is 11.8 Å². The van der Waals surface area contributed by atoms with Gasteiger partial charge < -0.3 is 10.8 Å². The SMILES string of the molecule is CS[C@@H](O)CCCCN. The third kappa shape index (κ3) is 6.15. The zero-order valence-electron chi connectivity index (χ0n) is 5.84. The van der Waals surface area contributed by atoms with E-state index in [2.05, 4.69) is 0 Å². The lowest BCUT2D eigenvalue weighted by atomic mass is 10.2. The monoisotopic (exact) mass is 149 g/mol. The number of nitrogens with two attached hydrogens (primary N) is 1. The molecule has 3 heteroatoms. The lowest BCUT2D eigenvalue weighted by Gasteiger charge is -2.04. The fraction of sp³-hybridized carbons (Fsp3) is 1.00. The van der Waals surface area contributed by atoms with Gasteiger partial charge in [0.2, 0.25) is 0 Å². The Bertz CT molecular complexity index is 61.0. The molecule has 56 valence electrons. The molecule has 0 aromatic carbocycles. The molecule has 3 N–H and O–H groups in total. The quantitative estimate of drug-likeness (QED) is 0.449. The van der Waals surface area contributed by atoms with E-state index in [1.165, 1.54) is 11.8 Å². The highest BCUT2D eigenvalue weighted by molar-refractivity contribution is 7.99. The molecule has 0 saturated carbocycles. The second-order valence-electron chi connectivity index (χ2n) is 1.97. The molecule has 0 spiro atoms. The maximum Gasteiger partial charge on any atom is 0.0990 e. The van der Waals surface area contributed by atoms with Gasteiger partial charge in [-0.1, -0.05) is 0 Å². The molecule has 0 rings (SSSR count). The largest absolute Gasteiger partial charge is 0.382 e. The molecule has 0 fully saturated rings. The summed E-state index contributed by atoms with van der Waals surface area (Å²) in [6.45, 7) is 0.737. The van der Waals surface area contributed by atoms with Crippen LogP contribution in [0.1, 0.15) is 19.3 Å². The molecule has 0 amide bonds. The Kier molecular flexibility index (Phi) is 6.58. The normalized spacial score (nSPS) is 13.7. The van der Waals surface area contributed by atoms with Crippen LogP contribution in [0.4, 0.5) is 0 Å². The molecule has 0 aromatic heterocycles. The summed E-state index contributed by atoms with van der Waals surface area (Å²) < 4.78 is 0. The summed E-state index contributed by atoms with van der Waals surface area (Å²) in [5.74, 6) is 0. The lowest BCUT2D eigenvalue weighted by molar-refractivity contribution is 0.249. The number of thioether (sulfide) groups is 1.